The smallest absolute Gasteiger partial charge is 0.0401 e. The highest BCUT2D eigenvalue weighted by atomic mass is 15.2. The molecule has 2 unspecified atom stereocenters. The summed E-state index contributed by atoms with van der Waals surface area (Å²) in [6.45, 7) is 5.62. The summed E-state index contributed by atoms with van der Waals surface area (Å²) in [6, 6.07) is 9.88. The number of anilines is 1. The van der Waals surface area contributed by atoms with Gasteiger partial charge in [0.1, 0.15) is 0 Å². The Balaban J connectivity index is 1.94. The summed E-state index contributed by atoms with van der Waals surface area (Å²) >= 11 is 0. The minimum atomic E-state index is 0.344. The normalized spacial score (nSPS) is 20.6. The molecular formula is C16H26N2. The van der Waals surface area contributed by atoms with E-state index in [1.165, 1.54) is 43.5 Å². The van der Waals surface area contributed by atoms with Crippen LogP contribution in [-0.2, 0) is 6.42 Å². The van der Waals surface area contributed by atoms with Gasteiger partial charge >= 0.3 is 0 Å². The average Bonchev–Trinajstić information content (AvgIpc) is 2.36. The van der Waals surface area contributed by atoms with Crippen molar-refractivity contribution >= 4 is 5.69 Å². The molecule has 1 aromatic rings. The molecule has 2 atom stereocenters. The molecule has 2 nitrogen and oxygen atoms in total. The van der Waals surface area contributed by atoms with Gasteiger partial charge in [0.25, 0.3) is 0 Å². The Hall–Kier alpha value is -1.02. The van der Waals surface area contributed by atoms with Crippen LogP contribution in [0.25, 0.3) is 0 Å². The number of hydrogen-bond donors (Lipinski definition) is 1. The van der Waals surface area contributed by atoms with Gasteiger partial charge in [-0.25, -0.2) is 0 Å². The summed E-state index contributed by atoms with van der Waals surface area (Å²) < 4.78 is 0. The number of benzene rings is 1. The molecule has 1 aromatic carbocycles. The van der Waals surface area contributed by atoms with E-state index in [9.17, 15) is 0 Å². The van der Waals surface area contributed by atoms with E-state index in [1.54, 1.807) is 0 Å². The summed E-state index contributed by atoms with van der Waals surface area (Å²) in [6.07, 6.45) is 6.14. The minimum absolute atomic E-state index is 0.344. The van der Waals surface area contributed by atoms with Crippen molar-refractivity contribution in [2.45, 2.75) is 58.0 Å². The van der Waals surface area contributed by atoms with Gasteiger partial charge < -0.3 is 10.6 Å². The highest BCUT2D eigenvalue weighted by Gasteiger charge is 2.21. The quantitative estimate of drug-likeness (QED) is 0.807. The maximum atomic E-state index is 5.80. The Morgan fingerprint density at radius 3 is 2.89 bits per heavy atom. The average molecular weight is 246 g/mol. The van der Waals surface area contributed by atoms with Gasteiger partial charge in [-0.05, 0) is 51.2 Å². The number of nitrogens with two attached hydrogens (primary N) is 1. The van der Waals surface area contributed by atoms with E-state index in [4.69, 9.17) is 5.73 Å². The second-order valence-electron chi connectivity index (χ2n) is 5.68. The first-order valence-corrected chi connectivity index (χ1v) is 7.28. The van der Waals surface area contributed by atoms with Crippen molar-refractivity contribution in [1.29, 1.82) is 0 Å². The third-order valence-corrected chi connectivity index (χ3v) is 3.97. The highest BCUT2D eigenvalue weighted by Crippen LogP contribution is 2.30. The first kappa shape index (κ1) is 13.4. The summed E-state index contributed by atoms with van der Waals surface area (Å²) in [4.78, 5) is 2.58. The predicted octanol–water partition coefficient (Wildman–Crippen LogP) is 3.35. The highest BCUT2D eigenvalue weighted by molar-refractivity contribution is 5.56. The number of rotatable bonds is 5. The van der Waals surface area contributed by atoms with Crippen LogP contribution in [0.1, 0.15) is 45.1 Å². The second kappa shape index (κ2) is 6.24. The van der Waals surface area contributed by atoms with Crippen LogP contribution in [0, 0.1) is 0 Å². The molecule has 100 valence electrons. The Morgan fingerprint density at radius 1 is 1.33 bits per heavy atom. The number of aryl methyl sites for hydroxylation is 1. The zero-order valence-electron chi connectivity index (χ0n) is 11.7. The van der Waals surface area contributed by atoms with Crippen molar-refractivity contribution in [3.05, 3.63) is 29.8 Å². The van der Waals surface area contributed by atoms with E-state index >= 15 is 0 Å². The van der Waals surface area contributed by atoms with Crippen LogP contribution in [0.3, 0.4) is 0 Å². The standard InChI is InChI=1S/C16H26N2/c1-13(17)7-5-6-12-18-14(2)10-11-15-8-3-4-9-16(15)18/h3-4,8-9,13-14H,5-7,10-12,17H2,1-2H3. The SMILES string of the molecule is CC(N)CCCCN1c2ccccc2CCC1C. The van der Waals surface area contributed by atoms with Gasteiger partial charge in [-0.2, -0.15) is 0 Å². The van der Waals surface area contributed by atoms with Gasteiger partial charge in [-0.3, -0.25) is 0 Å². The molecule has 2 N–H and O–H groups in total. The molecule has 1 aliphatic heterocycles. The zero-order chi connectivity index (χ0) is 13.0. The van der Waals surface area contributed by atoms with Crippen molar-refractivity contribution in [2.75, 3.05) is 11.4 Å². The molecule has 1 heterocycles. The Morgan fingerprint density at radius 2 is 2.11 bits per heavy atom. The van der Waals surface area contributed by atoms with E-state index in [0.29, 0.717) is 12.1 Å². The lowest BCUT2D eigenvalue weighted by molar-refractivity contribution is 0.528. The maximum Gasteiger partial charge on any atom is 0.0401 e. The van der Waals surface area contributed by atoms with E-state index in [1.807, 2.05) is 0 Å². The van der Waals surface area contributed by atoms with Gasteiger partial charge in [0.05, 0.1) is 0 Å². The number of unbranched alkanes of at least 4 members (excludes halogenated alkanes) is 1. The molecule has 0 radical (unpaired) electrons. The van der Waals surface area contributed by atoms with Crippen LogP contribution in [0.4, 0.5) is 5.69 Å². The molecular weight excluding hydrogens is 220 g/mol. The first-order chi connectivity index (χ1) is 8.68. The monoisotopic (exact) mass is 246 g/mol. The van der Waals surface area contributed by atoms with Crippen molar-refractivity contribution in [2.24, 2.45) is 5.73 Å². The van der Waals surface area contributed by atoms with Crippen LogP contribution in [0.2, 0.25) is 0 Å². The minimum Gasteiger partial charge on any atom is -0.369 e. The Bertz CT molecular complexity index is 373. The molecule has 0 bridgehead atoms. The second-order valence-corrected chi connectivity index (χ2v) is 5.68. The summed E-state index contributed by atoms with van der Waals surface area (Å²) in [5, 5.41) is 0. The topological polar surface area (TPSA) is 29.3 Å². The molecule has 18 heavy (non-hydrogen) atoms. The molecule has 2 rings (SSSR count). The fourth-order valence-corrected chi connectivity index (χ4v) is 2.85. The number of nitrogens with zero attached hydrogens (tertiary/aromatic N) is 1. The lowest BCUT2D eigenvalue weighted by atomic mass is 9.96. The predicted molar refractivity (Wildman–Crippen MR) is 79.1 cm³/mol. The fourth-order valence-electron chi connectivity index (χ4n) is 2.85. The van der Waals surface area contributed by atoms with Crippen molar-refractivity contribution in [3.63, 3.8) is 0 Å². The van der Waals surface area contributed by atoms with Gasteiger partial charge in [0, 0.05) is 24.3 Å². The fraction of sp³-hybridized carbons (Fsp3) is 0.625. The molecule has 0 saturated carbocycles. The molecule has 0 fully saturated rings. The summed E-state index contributed by atoms with van der Waals surface area (Å²) in [7, 11) is 0. The third kappa shape index (κ3) is 3.26. The Labute approximate surface area is 111 Å². The number of para-hydroxylation sites is 1. The van der Waals surface area contributed by atoms with Crippen LogP contribution < -0.4 is 10.6 Å². The molecule has 0 spiro atoms. The van der Waals surface area contributed by atoms with Crippen molar-refractivity contribution < 1.29 is 0 Å². The van der Waals surface area contributed by atoms with Gasteiger partial charge in [0.2, 0.25) is 0 Å². The molecule has 2 heteroatoms. The summed E-state index contributed by atoms with van der Waals surface area (Å²) in [5.41, 5.74) is 8.77. The lowest BCUT2D eigenvalue weighted by Crippen LogP contribution is -2.38. The van der Waals surface area contributed by atoms with Crippen LogP contribution in [-0.4, -0.2) is 18.6 Å². The largest absolute Gasteiger partial charge is 0.369 e. The van der Waals surface area contributed by atoms with E-state index in [-0.39, 0.29) is 0 Å². The van der Waals surface area contributed by atoms with Gasteiger partial charge in [-0.15, -0.1) is 0 Å². The number of hydrogen-bond acceptors (Lipinski definition) is 2. The van der Waals surface area contributed by atoms with E-state index in [2.05, 4.69) is 43.0 Å². The molecule has 1 aliphatic rings. The van der Waals surface area contributed by atoms with Crippen molar-refractivity contribution in [1.82, 2.24) is 0 Å². The van der Waals surface area contributed by atoms with Crippen LogP contribution >= 0.6 is 0 Å². The number of fused-ring (bicyclic) bond motifs is 1. The maximum absolute atomic E-state index is 5.80. The van der Waals surface area contributed by atoms with Crippen molar-refractivity contribution in [3.8, 4) is 0 Å². The van der Waals surface area contributed by atoms with Gasteiger partial charge in [0.15, 0.2) is 0 Å². The molecule has 0 aliphatic carbocycles. The van der Waals surface area contributed by atoms with Crippen LogP contribution in [0.15, 0.2) is 24.3 Å². The van der Waals surface area contributed by atoms with Crippen LogP contribution in [0.5, 0.6) is 0 Å². The zero-order valence-corrected chi connectivity index (χ0v) is 11.7. The molecule has 0 amide bonds. The lowest BCUT2D eigenvalue weighted by Gasteiger charge is -2.37. The van der Waals surface area contributed by atoms with E-state index < -0.39 is 0 Å². The summed E-state index contributed by atoms with van der Waals surface area (Å²) in [5.74, 6) is 0. The third-order valence-electron chi connectivity index (χ3n) is 3.97. The molecule has 0 saturated heterocycles. The van der Waals surface area contributed by atoms with E-state index in [0.717, 1.165) is 6.42 Å². The molecule has 0 aromatic heterocycles. The van der Waals surface area contributed by atoms with Gasteiger partial charge in [-0.1, -0.05) is 24.6 Å². The Kier molecular flexibility index (Phi) is 4.65. The first-order valence-electron chi connectivity index (χ1n) is 7.28.